The maximum Gasteiger partial charge on any atom is 0.0628 e. The third-order valence-corrected chi connectivity index (χ3v) is 10.6. The van der Waals surface area contributed by atoms with Crippen LogP contribution < -0.4 is 0 Å². The molecule has 2 unspecified atom stereocenters. The molecule has 4 aliphatic rings. The number of allylic oxidation sites excluding steroid dienone is 3. The summed E-state index contributed by atoms with van der Waals surface area (Å²) in [7, 11) is 0. The molecule has 176 valence electrons. The summed E-state index contributed by atoms with van der Waals surface area (Å²) in [6, 6.07) is 0. The molecule has 0 heterocycles. The lowest BCUT2D eigenvalue weighted by atomic mass is 9.46. The van der Waals surface area contributed by atoms with Gasteiger partial charge in [0.15, 0.2) is 0 Å². The van der Waals surface area contributed by atoms with E-state index in [2.05, 4.69) is 60.6 Å². The van der Waals surface area contributed by atoms with E-state index in [1.54, 1.807) is 5.57 Å². The molecule has 0 aromatic heterocycles. The highest BCUT2D eigenvalue weighted by Crippen LogP contribution is 2.67. The zero-order valence-electron chi connectivity index (χ0n) is 21.2. The molecule has 8 atom stereocenters. The van der Waals surface area contributed by atoms with Crippen LogP contribution in [0.15, 0.2) is 23.3 Å². The molecule has 0 saturated heterocycles. The monoisotopic (exact) mass is 428 g/mol. The first-order chi connectivity index (χ1) is 14.4. The van der Waals surface area contributed by atoms with Crippen LogP contribution in [0.1, 0.15) is 99.8 Å². The van der Waals surface area contributed by atoms with Crippen molar-refractivity contribution >= 4 is 0 Å². The number of fused-ring (bicyclic) bond motifs is 5. The number of hydrogen-bond acceptors (Lipinski definition) is 2. The van der Waals surface area contributed by atoms with Gasteiger partial charge in [-0.25, -0.2) is 0 Å². The van der Waals surface area contributed by atoms with Gasteiger partial charge in [-0.15, -0.1) is 0 Å². The summed E-state index contributed by atoms with van der Waals surface area (Å²) in [5, 5.41) is 22.0. The molecule has 0 spiro atoms. The van der Waals surface area contributed by atoms with E-state index < -0.39 is 0 Å². The standard InChI is InChI=1S/C29H48O2/c1-18(2)9-8-10-19(3)26-23(30)17-22-20-11-12-24-27(4,5)25(31)14-16-28(24,6)21(20)13-15-29(22,26)7/h11-12,18-19,21-23,25-26,30-31H,8-10,13-17H2,1-7H3/t19-,21?,22?,23+,25+,26+,28-,29+/m1/s1. The molecule has 3 fully saturated rings. The van der Waals surface area contributed by atoms with Crippen LogP contribution in [0.25, 0.3) is 0 Å². The fourth-order valence-corrected chi connectivity index (χ4v) is 8.82. The summed E-state index contributed by atoms with van der Waals surface area (Å²) in [5.74, 6) is 2.89. The number of aliphatic hydroxyl groups is 2. The minimum atomic E-state index is -0.236. The lowest BCUT2D eigenvalue weighted by molar-refractivity contribution is -0.0221. The van der Waals surface area contributed by atoms with Crippen molar-refractivity contribution in [3.05, 3.63) is 23.3 Å². The Labute approximate surface area is 191 Å². The van der Waals surface area contributed by atoms with Crippen molar-refractivity contribution in [2.45, 2.75) is 112 Å². The second-order valence-electron chi connectivity index (χ2n) is 13.2. The quantitative estimate of drug-likeness (QED) is 0.499. The lowest BCUT2D eigenvalue weighted by Gasteiger charge is -2.58. The first kappa shape index (κ1) is 23.6. The normalized spacial score (nSPS) is 44.8. The minimum absolute atomic E-state index is 0.140. The van der Waals surface area contributed by atoms with Gasteiger partial charge in [0.2, 0.25) is 0 Å². The Kier molecular flexibility index (Phi) is 6.09. The first-order valence-corrected chi connectivity index (χ1v) is 13.2. The molecule has 2 heteroatoms. The van der Waals surface area contributed by atoms with Crippen LogP contribution in [0, 0.1) is 45.8 Å². The zero-order chi connectivity index (χ0) is 22.8. The van der Waals surface area contributed by atoms with Gasteiger partial charge in [-0.3, -0.25) is 0 Å². The fraction of sp³-hybridized carbons (Fsp3) is 0.862. The van der Waals surface area contributed by atoms with Crippen molar-refractivity contribution in [3.63, 3.8) is 0 Å². The van der Waals surface area contributed by atoms with Crippen molar-refractivity contribution in [1.29, 1.82) is 0 Å². The summed E-state index contributed by atoms with van der Waals surface area (Å²) in [6.45, 7) is 16.5. The number of rotatable bonds is 5. The van der Waals surface area contributed by atoms with Crippen LogP contribution in [0.3, 0.4) is 0 Å². The predicted octanol–water partition coefficient (Wildman–Crippen LogP) is 6.92. The largest absolute Gasteiger partial charge is 0.393 e. The van der Waals surface area contributed by atoms with Gasteiger partial charge in [0, 0.05) is 5.41 Å². The van der Waals surface area contributed by atoms with Crippen molar-refractivity contribution in [2.24, 2.45) is 45.8 Å². The molecular weight excluding hydrogens is 380 g/mol. The van der Waals surface area contributed by atoms with E-state index >= 15 is 0 Å². The molecular formula is C29H48O2. The average molecular weight is 429 g/mol. The van der Waals surface area contributed by atoms with E-state index in [0.29, 0.717) is 23.7 Å². The lowest BCUT2D eigenvalue weighted by Crippen LogP contribution is -2.51. The topological polar surface area (TPSA) is 40.5 Å². The van der Waals surface area contributed by atoms with E-state index in [-0.39, 0.29) is 28.5 Å². The summed E-state index contributed by atoms with van der Waals surface area (Å²) < 4.78 is 0. The molecule has 0 radical (unpaired) electrons. The SMILES string of the molecule is CC(C)CCC[C@@H](C)[C@H]1[C@@H](O)CC2C3=CC=C4C(C)(C)[C@@H](O)CC[C@]4(C)C3CC[C@@]21C. The Morgan fingerprint density at radius 3 is 2.32 bits per heavy atom. The second kappa shape index (κ2) is 8.01. The molecule has 4 rings (SSSR count). The summed E-state index contributed by atoms with van der Waals surface area (Å²) in [5.41, 5.74) is 3.35. The molecule has 3 saturated carbocycles. The van der Waals surface area contributed by atoms with Crippen molar-refractivity contribution < 1.29 is 10.2 Å². The maximum atomic E-state index is 11.3. The molecule has 2 N–H and O–H groups in total. The van der Waals surface area contributed by atoms with Crippen molar-refractivity contribution in [1.82, 2.24) is 0 Å². The van der Waals surface area contributed by atoms with E-state index in [0.717, 1.165) is 25.2 Å². The number of aliphatic hydroxyl groups excluding tert-OH is 2. The van der Waals surface area contributed by atoms with Gasteiger partial charge in [0.1, 0.15) is 0 Å². The highest BCUT2D eigenvalue weighted by Gasteiger charge is 2.61. The average Bonchev–Trinajstić information content (AvgIpc) is 2.95. The molecule has 4 aliphatic carbocycles. The Hall–Kier alpha value is -0.600. The molecule has 0 amide bonds. The maximum absolute atomic E-state index is 11.3. The van der Waals surface area contributed by atoms with Gasteiger partial charge in [0.25, 0.3) is 0 Å². The molecule has 0 aromatic carbocycles. The van der Waals surface area contributed by atoms with E-state index in [9.17, 15) is 10.2 Å². The zero-order valence-corrected chi connectivity index (χ0v) is 21.2. The van der Waals surface area contributed by atoms with Crippen LogP contribution in [0.4, 0.5) is 0 Å². The van der Waals surface area contributed by atoms with Gasteiger partial charge >= 0.3 is 0 Å². The minimum Gasteiger partial charge on any atom is -0.393 e. The van der Waals surface area contributed by atoms with Crippen molar-refractivity contribution in [3.8, 4) is 0 Å². The fourth-order valence-electron chi connectivity index (χ4n) is 8.82. The highest BCUT2D eigenvalue weighted by molar-refractivity contribution is 5.42. The third kappa shape index (κ3) is 3.59. The molecule has 0 bridgehead atoms. The molecule has 0 aliphatic heterocycles. The van der Waals surface area contributed by atoms with Gasteiger partial charge in [0.05, 0.1) is 12.2 Å². The smallest absolute Gasteiger partial charge is 0.0628 e. The van der Waals surface area contributed by atoms with Crippen LogP contribution in [0.5, 0.6) is 0 Å². The van der Waals surface area contributed by atoms with Gasteiger partial charge < -0.3 is 10.2 Å². The Balaban J connectivity index is 1.62. The predicted molar refractivity (Wildman–Crippen MR) is 130 cm³/mol. The molecule has 0 aromatic rings. The Bertz CT molecular complexity index is 746. The van der Waals surface area contributed by atoms with Crippen LogP contribution in [0.2, 0.25) is 0 Å². The van der Waals surface area contributed by atoms with E-state index in [1.165, 1.54) is 37.7 Å². The second-order valence-corrected chi connectivity index (χ2v) is 13.2. The summed E-state index contributed by atoms with van der Waals surface area (Å²) in [6.07, 6.45) is 13.7. The van der Waals surface area contributed by atoms with Crippen LogP contribution in [-0.4, -0.2) is 22.4 Å². The Morgan fingerprint density at radius 1 is 0.935 bits per heavy atom. The van der Waals surface area contributed by atoms with Gasteiger partial charge in [-0.2, -0.15) is 0 Å². The van der Waals surface area contributed by atoms with Crippen LogP contribution >= 0.6 is 0 Å². The molecule has 31 heavy (non-hydrogen) atoms. The van der Waals surface area contributed by atoms with Crippen molar-refractivity contribution in [2.75, 3.05) is 0 Å². The van der Waals surface area contributed by atoms with Crippen LogP contribution in [-0.2, 0) is 0 Å². The highest BCUT2D eigenvalue weighted by atomic mass is 16.3. The Morgan fingerprint density at radius 2 is 1.65 bits per heavy atom. The van der Waals surface area contributed by atoms with Gasteiger partial charge in [-0.1, -0.05) is 91.0 Å². The summed E-state index contributed by atoms with van der Waals surface area (Å²) in [4.78, 5) is 0. The third-order valence-electron chi connectivity index (χ3n) is 10.6. The van der Waals surface area contributed by atoms with E-state index in [1.807, 2.05) is 0 Å². The van der Waals surface area contributed by atoms with Gasteiger partial charge in [-0.05, 0) is 72.5 Å². The molecule has 2 nitrogen and oxygen atoms in total. The van der Waals surface area contributed by atoms with E-state index in [4.69, 9.17) is 0 Å². The summed E-state index contributed by atoms with van der Waals surface area (Å²) >= 11 is 0. The first-order valence-electron chi connectivity index (χ1n) is 13.2. The number of hydrogen-bond donors (Lipinski definition) is 2.